The Labute approximate surface area is 132 Å². The van der Waals surface area contributed by atoms with Gasteiger partial charge >= 0.3 is 0 Å². The molecule has 0 atom stereocenters. The van der Waals surface area contributed by atoms with E-state index < -0.39 is 0 Å². The zero-order valence-electron chi connectivity index (χ0n) is 12.4. The standard InChI is InChI=1S/C19H13NO3/c1-23-16-8-4-7-15-18(16)20(22)17(19(15)21)14-10-9-12-5-2-3-6-13(12)11-14/h2-11H,1H3. The topological polar surface area (TPSA) is 52.4 Å². The third-order valence-corrected chi connectivity index (χ3v) is 4.11. The van der Waals surface area contributed by atoms with E-state index in [-0.39, 0.29) is 17.2 Å². The molecule has 0 amide bonds. The highest BCUT2D eigenvalue weighted by Crippen LogP contribution is 2.36. The highest BCUT2D eigenvalue weighted by molar-refractivity contribution is 6.52. The fraction of sp³-hybridized carbons (Fsp3) is 0.0526. The molecule has 23 heavy (non-hydrogen) atoms. The smallest absolute Gasteiger partial charge is 0.273 e. The second-order valence-corrected chi connectivity index (χ2v) is 5.39. The van der Waals surface area contributed by atoms with E-state index in [0.29, 0.717) is 21.6 Å². The minimum absolute atomic E-state index is 0.134. The van der Waals surface area contributed by atoms with Gasteiger partial charge in [0.2, 0.25) is 0 Å². The maximum Gasteiger partial charge on any atom is 0.273 e. The summed E-state index contributed by atoms with van der Waals surface area (Å²) in [6, 6.07) is 18.5. The van der Waals surface area contributed by atoms with Gasteiger partial charge in [-0.05, 0) is 35.0 Å². The first-order valence-electron chi connectivity index (χ1n) is 7.26. The lowest BCUT2D eigenvalue weighted by atomic mass is 10.00. The lowest BCUT2D eigenvalue weighted by Crippen LogP contribution is -2.16. The molecule has 0 spiro atoms. The van der Waals surface area contributed by atoms with Gasteiger partial charge in [-0.1, -0.05) is 36.4 Å². The van der Waals surface area contributed by atoms with E-state index in [0.717, 1.165) is 10.8 Å². The zero-order valence-corrected chi connectivity index (χ0v) is 12.4. The number of Topliss-reactive ketones (excluding diaryl/α,β-unsaturated/α-hetero) is 1. The van der Waals surface area contributed by atoms with Crippen molar-refractivity contribution in [1.82, 2.24) is 0 Å². The molecule has 0 fully saturated rings. The van der Waals surface area contributed by atoms with E-state index in [9.17, 15) is 10.0 Å². The highest BCUT2D eigenvalue weighted by atomic mass is 16.5. The van der Waals surface area contributed by atoms with Crippen LogP contribution in [0.4, 0.5) is 5.69 Å². The first kappa shape index (κ1) is 13.5. The van der Waals surface area contributed by atoms with Crippen LogP contribution in [0.1, 0.15) is 15.9 Å². The van der Waals surface area contributed by atoms with Crippen molar-refractivity contribution in [2.24, 2.45) is 0 Å². The van der Waals surface area contributed by atoms with Gasteiger partial charge in [0.15, 0.2) is 5.75 Å². The van der Waals surface area contributed by atoms with Gasteiger partial charge in [0.05, 0.1) is 12.7 Å². The maximum atomic E-state index is 12.7. The molecule has 1 aliphatic heterocycles. The van der Waals surface area contributed by atoms with Crippen LogP contribution in [0.3, 0.4) is 0 Å². The maximum absolute atomic E-state index is 12.7. The monoisotopic (exact) mass is 303 g/mol. The van der Waals surface area contributed by atoms with Crippen LogP contribution in [0.2, 0.25) is 0 Å². The summed E-state index contributed by atoms with van der Waals surface area (Å²) in [5.74, 6) is 0.130. The van der Waals surface area contributed by atoms with Crippen LogP contribution in [-0.2, 0) is 0 Å². The molecule has 0 bridgehead atoms. The normalized spacial score (nSPS) is 13.5. The molecule has 0 aliphatic carbocycles. The Morgan fingerprint density at radius 2 is 1.74 bits per heavy atom. The van der Waals surface area contributed by atoms with Crippen molar-refractivity contribution in [3.05, 3.63) is 77.0 Å². The van der Waals surface area contributed by atoms with Crippen LogP contribution < -0.4 is 4.74 Å². The molecule has 3 aromatic rings. The Morgan fingerprint density at radius 1 is 0.957 bits per heavy atom. The molecule has 0 unspecified atom stereocenters. The van der Waals surface area contributed by atoms with Crippen LogP contribution in [0.25, 0.3) is 10.8 Å². The Hall–Kier alpha value is -3.14. The number of para-hydroxylation sites is 1. The second kappa shape index (κ2) is 4.95. The van der Waals surface area contributed by atoms with E-state index in [4.69, 9.17) is 4.74 Å². The van der Waals surface area contributed by atoms with Crippen molar-refractivity contribution < 1.29 is 14.3 Å². The van der Waals surface area contributed by atoms with E-state index in [1.807, 2.05) is 36.4 Å². The van der Waals surface area contributed by atoms with Gasteiger partial charge in [0.25, 0.3) is 17.2 Å². The number of hydrogen-bond acceptors (Lipinski definition) is 3. The summed E-state index contributed by atoms with van der Waals surface area (Å²) in [6.45, 7) is 0. The van der Waals surface area contributed by atoms with Crippen molar-refractivity contribution in [2.45, 2.75) is 0 Å². The molecule has 0 N–H and O–H groups in total. The van der Waals surface area contributed by atoms with E-state index in [1.165, 1.54) is 7.11 Å². The molecular formula is C19H13NO3. The SMILES string of the molecule is COc1cccc2c1[N+]([O-])=C(c1ccc3ccccc3c1)C2=O. The number of nitrogens with zero attached hydrogens (tertiary/aromatic N) is 1. The minimum Gasteiger partial charge on any atom is -0.618 e. The van der Waals surface area contributed by atoms with Crippen molar-refractivity contribution >= 4 is 28.0 Å². The summed E-state index contributed by atoms with van der Waals surface area (Å²) < 4.78 is 5.90. The summed E-state index contributed by atoms with van der Waals surface area (Å²) in [5.41, 5.74) is 1.41. The van der Waals surface area contributed by atoms with Crippen molar-refractivity contribution in [3.63, 3.8) is 0 Å². The number of benzene rings is 3. The van der Waals surface area contributed by atoms with Gasteiger partial charge in [-0.3, -0.25) is 4.79 Å². The number of methoxy groups -OCH3 is 1. The largest absolute Gasteiger partial charge is 0.618 e. The third-order valence-electron chi connectivity index (χ3n) is 4.11. The fourth-order valence-corrected chi connectivity index (χ4v) is 3.00. The van der Waals surface area contributed by atoms with E-state index >= 15 is 0 Å². The number of carbonyl (C=O) groups excluding carboxylic acids is 1. The highest BCUT2D eigenvalue weighted by Gasteiger charge is 2.38. The van der Waals surface area contributed by atoms with Gasteiger partial charge in [-0.25, -0.2) is 0 Å². The first-order valence-corrected chi connectivity index (χ1v) is 7.26. The summed E-state index contributed by atoms with van der Waals surface area (Å²) in [5, 5.41) is 14.8. The van der Waals surface area contributed by atoms with Crippen molar-refractivity contribution in [3.8, 4) is 5.75 Å². The Kier molecular flexibility index (Phi) is 2.91. The van der Waals surface area contributed by atoms with E-state index in [2.05, 4.69) is 0 Å². The number of carbonyl (C=O) groups is 1. The van der Waals surface area contributed by atoms with Gasteiger partial charge in [0.1, 0.15) is 5.56 Å². The van der Waals surface area contributed by atoms with Gasteiger partial charge in [-0.15, -0.1) is 0 Å². The molecule has 4 rings (SSSR count). The Balaban J connectivity index is 1.94. The summed E-state index contributed by atoms with van der Waals surface area (Å²) in [4.78, 5) is 12.7. The molecule has 3 aromatic carbocycles. The van der Waals surface area contributed by atoms with Gasteiger partial charge < -0.3 is 9.94 Å². The zero-order chi connectivity index (χ0) is 16.0. The molecule has 0 radical (unpaired) electrons. The van der Waals surface area contributed by atoms with Crippen molar-refractivity contribution in [2.75, 3.05) is 7.11 Å². The summed E-state index contributed by atoms with van der Waals surface area (Å²) in [6.07, 6.45) is 0. The number of fused-ring (bicyclic) bond motifs is 2. The quantitative estimate of drug-likeness (QED) is 0.536. The number of hydrogen-bond donors (Lipinski definition) is 0. The Bertz CT molecular complexity index is 989. The predicted octanol–water partition coefficient (Wildman–Crippen LogP) is 3.68. The van der Waals surface area contributed by atoms with Gasteiger partial charge in [-0.2, -0.15) is 4.74 Å². The van der Waals surface area contributed by atoms with Crippen LogP contribution in [0.15, 0.2) is 60.7 Å². The summed E-state index contributed by atoms with van der Waals surface area (Å²) >= 11 is 0. The summed E-state index contributed by atoms with van der Waals surface area (Å²) in [7, 11) is 1.49. The van der Waals surface area contributed by atoms with Crippen LogP contribution in [-0.4, -0.2) is 23.3 Å². The molecule has 112 valence electrons. The molecule has 0 saturated heterocycles. The lowest BCUT2D eigenvalue weighted by molar-refractivity contribution is -0.356. The molecule has 0 aromatic heterocycles. The number of ether oxygens (including phenoxy) is 1. The molecule has 0 saturated carbocycles. The van der Waals surface area contributed by atoms with Crippen LogP contribution in [0, 0.1) is 5.21 Å². The van der Waals surface area contributed by atoms with Crippen LogP contribution in [0.5, 0.6) is 5.75 Å². The van der Waals surface area contributed by atoms with Crippen molar-refractivity contribution in [1.29, 1.82) is 0 Å². The third kappa shape index (κ3) is 1.92. The second-order valence-electron chi connectivity index (χ2n) is 5.39. The van der Waals surface area contributed by atoms with E-state index in [1.54, 1.807) is 24.3 Å². The predicted molar refractivity (Wildman–Crippen MR) is 88.7 cm³/mol. The lowest BCUT2D eigenvalue weighted by Gasteiger charge is -2.06. The molecule has 1 aliphatic rings. The average molecular weight is 303 g/mol. The molecular weight excluding hydrogens is 290 g/mol. The molecule has 4 nitrogen and oxygen atoms in total. The average Bonchev–Trinajstić information content (AvgIpc) is 2.85. The van der Waals surface area contributed by atoms with Crippen LogP contribution >= 0.6 is 0 Å². The molecule has 1 heterocycles. The number of rotatable bonds is 2. The fourth-order valence-electron chi connectivity index (χ4n) is 3.00. The number of ketones is 1. The first-order chi connectivity index (χ1) is 11.2. The Morgan fingerprint density at radius 3 is 2.52 bits per heavy atom. The minimum atomic E-state index is -0.274. The van der Waals surface area contributed by atoms with Gasteiger partial charge in [0, 0.05) is 0 Å². The molecule has 4 heteroatoms.